The van der Waals surface area contributed by atoms with Crippen molar-refractivity contribution >= 4 is 21.6 Å². The lowest BCUT2D eigenvalue weighted by molar-refractivity contribution is 0.461. The Balaban J connectivity index is 2.08. The Labute approximate surface area is 105 Å². The van der Waals surface area contributed by atoms with Gasteiger partial charge in [0.2, 0.25) is 5.65 Å². The quantitative estimate of drug-likeness (QED) is 0.728. The van der Waals surface area contributed by atoms with Crippen LogP contribution in [-0.4, -0.2) is 19.4 Å². The summed E-state index contributed by atoms with van der Waals surface area (Å²) in [7, 11) is 0. The molecule has 0 amide bonds. The Morgan fingerprint density at radius 1 is 1.29 bits per heavy atom. The first-order chi connectivity index (χ1) is 8.33. The van der Waals surface area contributed by atoms with Crippen molar-refractivity contribution < 1.29 is 4.74 Å². The second-order valence-corrected chi connectivity index (χ2v) is 4.13. The third kappa shape index (κ3) is 1.99. The van der Waals surface area contributed by atoms with Gasteiger partial charge in [-0.1, -0.05) is 0 Å². The van der Waals surface area contributed by atoms with Crippen LogP contribution >= 0.6 is 15.9 Å². The highest BCUT2D eigenvalue weighted by molar-refractivity contribution is 9.10. The molecule has 3 heterocycles. The highest BCUT2D eigenvalue weighted by Crippen LogP contribution is 2.24. The zero-order valence-electron chi connectivity index (χ0n) is 8.62. The van der Waals surface area contributed by atoms with Crippen LogP contribution in [0.15, 0.2) is 47.7 Å². The van der Waals surface area contributed by atoms with Gasteiger partial charge in [-0.05, 0) is 28.1 Å². The maximum absolute atomic E-state index is 5.64. The van der Waals surface area contributed by atoms with Crippen molar-refractivity contribution in [3.8, 4) is 11.6 Å². The lowest BCUT2D eigenvalue weighted by Crippen LogP contribution is -1.94. The summed E-state index contributed by atoms with van der Waals surface area (Å²) < 4.78 is 8.16. The van der Waals surface area contributed by atoms with Crippen LogP contribution in [0.4, 0.5) is 0 Å². The molecular weight excluding hydrogens is 284 g/mol. The smallest absolute Gasteiger partial charge is 0.265 e. The molecule has 0 saturated carbocycles. The molecule has 0 aliphatic heterocycles. The lowest BCUT2D eigenvalue weighted by atomic mass is 10.5. The third-order valence-corrected chi connectivity index (χ3v) is 2.54. The van der Waals surface area contributed by atoms with E-state index < -0.39 is 0 Å². The van der Waals surface area contributed by atoms with Gasteiger partial charge < -0.3 is 4.74 Å². The van der Waals surface area contributed by atoms with Gasteiger partial charge in [-0.25, -0.2) is 9.97 Å². The van der Waals surface area contributed by atoms with E-state index >= 15 is 0 Å². The van der Waals surface area contributed by atoms with Crippen molar-refractivity contribution in [2.45, 2.75) is 0 Å². The lowest BCUT2D eigenvalue weighted by Gasteiger charge is -2.05. The molecule has 0 aromatic carbocycles. The molecular formula is C11H7BrN4O. The van der Waals surface area contributed by atoms with E-state index in [1.54, 1.807) is 24.7 Å². The molecule has 0 saturated heterocycles. The summed E-state index contributed by atoms with van der Waals surface area (Å²) in [5.41, 5.74) is 0.664. The Hall–Kier alpha value is -1.95. The van der Waals surface area contributed by atoms with Gasteiger partial charge in [0.25, 0.3) is 5.88 Å². The molecule has 0 fully saturated rings. The number of hydrogen-bond acceptors (Lipinski definition) is 4. The minimum atomic E-state index is 0.442. The number of aromatic nitrogens is 4. The molecule has 0 aliphatic rings. The van der Waals surface area contributed by atoms with Gasteiger partial charge in [0.15, 0.2) is 0 Å². The van der Waals surface area contributed by atoms with Gasteiger partial charge in [0, 0.05) is 24.8 Å². The molecule has 3 rings (SSSR count). The van der Waals surface area contributed by atoms with Crippen LogP contribution in [0, 0.1) is 0 Å². The average Bonchev–Trinajstić information content (AvgIpc) is 2.78. The molecule has 0 radical (unpaired) electrons. The van der Waals surface area contributed by atoms with Crippen molar-refractivity contribution in [2.75, 3.05) is 0 Å². The molecule has 3 aromatic heterocycles. The minimum Gasteiger partial charge on any atom is -0.434 e. The van der Waals surface area contributed by atoms with Crippen LogP contribution in [0.25, 0.3) is 5.65 Å². The largest absolute Gasteiger partial charge is 0.434 e. The first-order valence-electron chi connectivity index (χ1n) is 4.90. The Morgan fingerprint density at radius 2 is 2.24 bits per heavy atom. The second kappa shape index (κ2) is 4.14. The predicted octanol–water partition coefficient (Wildman–Crippen LogP) is 2.68. The van der Waals surface area contributed by atoms with Crippen LogP contribution in [-0.2, 0) is 0 Å². The van der Waals surface area contributed by atoms with Crippen molar-refractivity contribution in [1.29, 1.82) is 0 Å². The zero-order valence-corrected chi connectivity index (χ0v) is 10.2. The monoisotopic (exact) mass is 290 g/mol. The van der Waals surface area contributed by atoms with E-state index in [4.69, 9.17) is 4.74 Å². The number of halogens is 1. The molecule has 0 atom stereocenters. The second-order valence-electron chi connectivity index (χ2n) is 3.32. The first kappa shape index (κ1) is 10.2. The van der Waals surface area contributed by atoms with E-state index in [2.05, 4.69) is 30.9 Å². The number of ether oxygens (including phenoxy) is 1. The Kier molecular flexibility index (Phi) is 2.49. The van der Waals surface area contributed by atoms with Crippen molar-refractivity contribution in [1.82, 2.24) is 19.4 Å². The predicted molar refractivity (Wildman–Crippen MR) is 65.0 cm³/mol. The average molecular weight is 291 g/mol. The van der Waals surface area contributed by atoms with E-state index in [0.717, 1.165) is 0 Å². The highest BCUT2D eigenvalue weighted by atomic mass is 79.9. The van der Waals surface area contributed by atoms with Gasteiger partial charge in [-0.2, -0.15) is 0 Å². The van der Waals surface area contributed by atoms with Gasteiger partial charge in [-0.3, -0.25) is 9.38 Å². The number of hydrogen-bond donors (Lipinski definition) is 0. The van der Waals surface area contributed by atoms with E-state index in [1.807, 2.05) is 22.9 Å². The summed E-state index contributed by atoms with van der Waals surface area (Å²) in [6, 6.07) is 3.62. The van der Waals surface area contributed by atoms with Gasteiger partial charge in [0.05, 0.1) is 6.20 Å². The number of imidazole rings is 1. The zero-order chi connectivity index (χ0) is 11.7. The maximum atomic E-state index is 5.64. The Bertz CT molecular complexity index is 653. The number of rotatable bonds is 2. The molecule has 84 valence electrons. The molecule has 6 heteroatoms. The van der Waals surface area contributed by atoms with Crippen molar-refractivity contribution in [3.05, 3.63) is 47.7 Å². The molecule has 0 unspecified atom stereocenters. The Morgan fingerprint density at radius 3 is 3.06 bits per heavy atom. The van der Waals surface area contributed by atoms with E-state index in [-0.39, 0.29) is 0 Å². The molecule has 0 N–H and O–H groups in total. The highest BCUT2D eigenvalue weighted by Gasteiger charge is 2.08. The normalized spacial score (nSPS) is 10.6. The summed E-state index contributed by atoms with van der Waals surface area (Å²) >= 11 is 3.33. The van der Waals surface area contributed by atoms with Crippen LogP contribution in [0.2, 0.25) is 0 Å². The molecule has 0 aliphatic carbocycles. The fourth-order valence-corrected chi connectivity index (χ4v) is 1.84. The van der Waals surface area contributed by atoms with Gasteiger partial charge >= 0.3 is 0 Å². The molecule has 3 aromatic rings. The topological polar surface area (TPSA) is 52.3 Å². The van der Waals surface area contributed by atoms with E-state index in [1.165, 1.54) is 0 Å². The van der Waals surface area contributed by atoms with Crippen LogP contribution in [0.1, 0.15) is 0 Å². The molecule has 0 bridgehead atoms. The number of pyridine rings is 1. The van der Waals surface area contributed by atoms with E-state index in [9.17, 15) is 0 Å². The van der Waals surface area contributed by atoms with E-state index in [0.29, 0.717) is 21.9 Å². The minimum absolute atomic E-state index is 0.442. The van der Waals surface area contributed by atoms with Crippen LogP contribution in [0.5, 0.6) is 11.6 Å². The van der Waals surface area contributed by atoms with Gasteiger partial charge in [-0.15, -0.1) is 0 Å². The summed E-state index contributed by atoms with van der Waals surface area (Å²) in [6.07, 6.45) is 8.66. The molecule has 5 nitrogen and oxygen atoms in total. The fraction of sp³-hybridized carbons (Fsp3) is 0. The summed E-state index contributed by atoms with van der Waals surface area (Å²) in [6.45, 7) is 0. The number of fused-ring (bicyclic) bond motifs is 1. The van der Waals surface area contributed by atoms with Crippen LogP contribution < -0.4 is 4.74 Å². The molecule has 0 spiro atoms. The first-order valence-corrected chi connectivity index (χ1v) is 5.69. The van der Waals surface area contributed by atoms with Crippen LogP contribution in [0.3, 0.4) is 0 Å². The van der Waals surface area contributed by atoms with Crippen molar-refractivity contribution in [2.24, 2.45) is 0 Å². The van der Waals surface area contributed by atoms with Crippen molar-refractivity contribution in [3.63, 3.8) is 0 Å². The summed E-state index contributed by atoms with van der Waals surface area (Å²) in [5, 5.41) is 0. The number of nitrogens with zero attached hydrogens (tertiary/aromatic N) is 4. The third-order valence-electron chi connectivity index (χ3n) is 2.16. The summed E-state index contributed by atoms with van der Waals surface area (Å²) in [5.74, 6) is 1.07. The SMILES string of the molecule is Brc1cn2ccnc2c(Oc2cccnc2)n1. The summed E-state index contributed by atoms with van der Waals surface area (Å²) in [4.78, 5) is 12.4. The fourth-order valence-electron chi connectivity index (χ4n) is 1.46. The standard InChI is InChI=1S/C11H7BrN4O/c12-9-7-16-5-4-14-10(16)11(15-9)17-8-2-1-3-13-6-8/h1-7H. The maximum Gasteiger partial charge on any atom is 0.265 e. The van der Waals surface area contributed by atoms with Gasteiger partial charge in [0.1, 0.15) is 10.4 Å². The molecule has 17 heavy (non-hydrogen) atoms.